The minimum atomic E-state index is -0.977. The SMILES string of the molecule is CC(=O)C=Cc1cc(C(=O)O)n(C)c1. The zero-order valence-corrected chi connectivity index (χ0v) is 8.02. The van der Waals surface area contributed by atoms with Crippen LogP contribution >= 0.6 is 0 Å². The lowest BCUT2D eigenvalue weighted by Gasteiger charge is -1.92. The number of carboxylic acid groups (broad SMARTS) is 1. The van der Waals surface area contributed by atoms with Gasteiger partial charge in [0.05, 0.1) is 0 Å². The summed E-state index contributed by atoms with van der Waals surface area (Å²) < 4.78 is 1.50. The van der Waals surface area contributed by atoms with Crippen molar-refractivity contribution in [1.29, 1.82) is 0 Å². The van der Waals surface area contributed by atoms with Gasteiger partial charge in [0.1, 0.15) is 5.69 Å². The van der Waals surface area contributed by atoms with E-state index < -0.39 is 5.97 Å². The number of allylic oxidation sites excluding steroid dienone is 1. The van der Waals surface area contributed by atoms with E-state index in [4.69, 9.17) is 5.11 Å². The lowest BCUT2D eigenvalue weighted by atomic mass is 10.2. The van der Waals surface area contributed by atoms with Gasteiger partial charge in [-0.05, 0) is 30.7 Å². The lowest BCUT2D eigenvalue weighted by Crippen LogP contribution is -2.02. The third kappa shape index (κ3) is 2.32. The fourth-order valence-corrected chi connectivity index (χ4v) is 1.11. The lowest BCUT2D eigenvalue weighted by molar-refractivity contribution is -0.112. The van der Waals surface area contributed by atoms with Crippen molar-refractivity contribution in [3.05, 3.63) is 29.6 Å². The average Bonchev–Trinajstić information content (AvgIpc) is 2.43. The maximum Gasteiger partial charge on any atom is 0.352 e. The summed E-state index contributed by atoms with van der Waals surface area (Å²) in [6.07, 6.45) is 4.65. The summed E-state index contributed by atoms with van der Waals surface area (Å²) in [6.45, 7) is 1.44. The molecule has 0 amide bonds. The second kappa shape index (κ2) is 3.91. The number of aromatic nitrogens is 1. The van der Waals surface area contributed by atoms with Crippen molar-refractivity contribution in [2.24, 2.45) is 7.05 Å². The van der Waals surface area contributed by atoms with E-state index in [0.29, 0.717) is 5.56 Å². The van der Waals surface area contributed by atoms with Gasteiger partial charge in [-0.3, -0.25) is 4.79 Å². The molecule has 1 aromatic rings. The van der Waals surface area contributed by atoms with Gasteiger partial charge in [-0.25, -0.2) is 4.79 Å². The van der Waals surface area contributed by atoms with Gasteiger partial charge in [0, 0.05) is 13.2 Å². The normalized spacial score (nSPS) is 10.7. The number of carbonyl (C=O) groups excluding carboxylic acids is 1. The standard InChI is InChI=1S/C10H11NO3/c1-7(12)3-4-8-5-9(10(13)14)11(2)6-8/h3-6H,1-2H3,(H,13,14). The van der Waals surface area contributed by atoms with Crippen LogP contribution in [0.5, 0.6) is 0 Å². The molecule has 0 atom stereocenters. The molecule has 0 unspecified atom stereocenters. The number of ketones is 1. The Hall–Kier alpha value is -1.84. The molecule has 0 spiro atoms. The van der Waals surface area contributed by atoms with Crippen LogP contribution in [0.25, 0.3) is 6.08 Å². The minimum absolute atomic E-state index is 0.0641. The number of hydrogen-bond acceptors (Lipinski definition) is 2. The molecule has 0 saturated carbocycles. The summed E-state index contributed by atoms with van der Waals surface area (Å²) >= 11 is 0. The van der Waals surface area contributed by atoms with Gasteiger partial charge in [-0.1, -0.05) is 0 Å². The molecular weight excluding hydrogens is 182 g/mol. The van der Waals surface area contributed by atoms with Crippen molar-refractivity contribution in [2.45, 2.75) is 6.92 Å². The summed E-state index contributed by atoms with van der Waals surface area (Å²) in [7, 11) is 1.65. The molecule has 0 saturated heterocycles. The van der Waals surface area contributed by atoms with Crippen molar-refractivity contribution < 1.29 is 14.7 Å². The monoisotopic (exact) mass is 193 g/mol. The molecule has 0 aliphatic rings. The Morgan fingerprint density at radius 2 is 2.14 bits per heavy atom. The van der Waals surface area contributed by atoms with Crippen LogP contribution in [-0.4, -0.2) is 21.4 Å². The van der Waals surface area contributed by atoms with Gasteiger partial charge < -0.3 is 9.67 Å². The second-order valence-electron chi connectivity index (χ2n) is 3.02. The van der Waals surface area contributed by atoms with E-state index in [2.05, 4.69) is 0 Å². The predicted octanol–water partition coefficient (Wildman–Crippen LogP) is 1.33. The Labute approximate surface area is 81.5 Å². The van der Waals surface area contributed by atoms with E-state index in [1.54, 1.807) is 19.3 Å². The van der Waals surface area contributed by atoms with Crippen LogP contribution in [0.15, 0.2) is 18.3 Å². The molecule has 0 aromatic carbocycles. The number of aryl methyl sites for hydroxylation is 1. The van der Waals surface area contributed by atoms with Crippen LogP contribution in [0.2, 0.25) is 0 Å². The first-order valence-electron chi connectivity index (χ1n) is 4.09. The van der Waals surface area contributed by atoms with Crippen LogP contribution in [0.3, 0.4) is 0 Å². The average molecular weight is 193 g/mol. The molecule has 0 bridgehead atoms. The quantitative estimate of drug-likeness (QED) is 0.736. The van der Waals surface area contributed by atoms with Gasteiger partial charge in [0.15, 0.2) is 5.78 Å². The van der Waals surface area contributed by atoms with Crippen LogP contribution in [0, 0.1) is 0 Å². The molecule has 1 N–H and O–H groups in total. The van der Waals surface area contributed by atoms with E-state index in [1.165, 1.54) is 23.6 Å². The maximum atomic E-state index is 10.7. The highest BCUT2D eigenvalue weighted by Gasteiger charge is 2.07. The van der Waals surface area contributed by atoms with E-state index in [1.807, 2.05) is 0 Å². The molecule has 4 nitrogen and oxygen atoms in total. The summed E-state index contributed by atoms with van der Waals surface area (Å²) in [4.78, 5) is 21.3. The molecule has 0 radical (unpaired) electrons. The smallest absolute Gasteiger partial charge is 0.352 e. The van der Waals surface area contributed by atoms with E-state index in [0.717, 1.165) is 0 Å². The van der Waals surface area contributed by atoms with Crippen molar-refractivity contribution >= 4 is 17.8 Å². The number of hydrogen-bond donors (Lipinski definition) is 1. The number of carboxylic acids is 1. The third-order valence-corrected chi connectivity index (χ3v) is 1.76. The molecule has 1 aromatic heterocycles. The molecule has 1 heterocycles. The molecule has 0 fully saturated rings. The van der Waals surface area contributed by atoms with Crippen molar-refractivity contribution in [3.8, 4) is 0 Å². The Balaban J connectivity index is 2.97. The van der Waals surface area contributed by atoms with E-state index in [-0.39, 0.29) is 11.5 Å². The third-order valence-electron chi connectivity index (χ3n) is 1.76. The Bertz CT molecular complexity index is 401. The van der Waals surface area contributed by atoms with E-state index in [9.17, 15) is 9.59 Å². The summed E-state index contributed by atoms with van der Waals surface area (Å²) in [6, 6.07) is 1.52. The van der Waals surface area contributed by atoms with Gasteiger partial charge in [-0.2, -0.15) is 0 Å². The Morgan fingerprint density at radius 1 is 1.50 bits per heavy atom. The highest BCUT2D eigenvalue weighted by atomic mass is 16.4. The minimum Gasteiger partial charge on any atom is -0.477 e. The maximum absolute atomic E-state index is 10.7. The highest BCUT2D eigenvalue weighted by Crippen LogP contribution is 2.08. The van der Waals surface area contributed by atoms with Crippen molar-refractivity contribution in [3.63, 3.8) is 0 Å². The summed E-state index contributed by atoms with van der Waals surface area (Å²) in [5.74, 6) is -1.04. The number of carbonyl (C=O) groups is 2. The predicted molar refractivity (Wildman–Crippen MR) is 52.1 cm³/mol. The van der Waals surface area contributed by atoms with Crippen molar-refractivity contribution in [2.75, 3.05) is 0 Å². The molecule has 74 valence electrons. The zero-order chi connectivity index (χ0) is 10.7. The second-order valence-corrected chi connectivity index (χ2v) is 3.02. The first-order chi connectivity index (χ1) is 6.50. The topological polar surface area (TPSA) is 59.3 Å². The van der Waals surface area contributed by atoms with E-state index >= 15 is 0 Å². The molecule has 0 aliphatic heterocycles. The van der Waals surface area contributed by atoms with Crippen LogP contribution in [0.4, 0.5) is 0 Å². The Morgan fingerprint density at radius 3 is 2.57 bits per heavy atom. The van der Waals surface area contributed by atoms with Crippen molar-refractivity contribution in [1.82, 2.24) is 4.57 Å². The van der Waals surface area contributed by atoms with Gasteiger partial charge in [-0.15, -0.1) is 0 Å². The number of rotatable bonds is 3. The van der Waals surface area contributed by atoms with Gasteiger partial charge in [0.25, 0.3) is 0 Å². The van der Waals surface area contributed by atoms with Gasteiger partial charge >= 0.3 is 5.97 Å². The Kier molecular flexibility index (Phi) is 2.86. The first kappa shape index (κ1) is 10.2. The zero-order valence-electron chi connectivity index (χ0n) is 8.02. The first-order valence-corrected chi connectivity index (χ1v) is 4.09. The van der Waals surface area contributed by atoms with Crippen LogP contribution < -0.4 is 0 Å². The highest BCUT2D eigenvalue weighted by molar-refractivity contribution is 5.92. The molecule has 1 rings (SSSR count). The molecule has 0 aliphatic carbocycles. The molecule has 4 heteroatoms. The fourth-order valence-electron chi connectivity index (χ4n) is 1.11. The fraction of sp³-hybridized carbons (Fsp3) is 0.200. The van der Waals surface area contributed by atoms with Crippen LogP contribution in [-0.2, 0) is 11.8 Å². The van der Waals surface area contributed by atoms with Crippen LogP contribution in [0.1, 0.15) is 23.0 Å². The summed E-state index contributed by atoms with van der Waals surface area (Å²) in [5, 5.41) is 8.74. The number of aromatic carboxylic acids is 1. The summed E-state index contributed by atoms with van der Waals surface area (Å²) in [5.41, 5.74) is 0.910. The largest absolute Gasteiger partial charge is 0.477 e. The van der Waals surface area contributed by atoms with Gasteiger partial charge in [0.2, 0.25) is 0 Å². The molecule has 14 heavy (non-hydrogen) atoms. The molecular formula is C10H11NO3. The number of nitrogens with zero attached hydrogens (tertiary/aromatic N) is 1.